The van der Waals surface area contributed by atoms with E-state index in [1.165, 1.54) is 0 Å². The number of piperidine rings is 1. The Morgan fingerprint density at radius 2 is 1.88 bits per heavy atom. The van der Waals surface area contributed by atoms with Gasteiger partial charge >= 0.3 is 6.09 Å². The third-order valence-electron chi connectivity index (χ3n) is 6.08. The van der Waals surface area contributed by atoms with Crippen LogP contribution in [0.4, 0.5) is 10.6 Å². The molecule has 1 aromatic carbocycles. The number of likely N-dealkylation sites (tertiary alicyclic amines) is 1. The van der Waals surface area contributed by atoms with Crippen molar-refractivity contribution in [3.8, 4) is 0 Å². The molecule has 2 saturated heterocycles. The van der Waals surface area contributed by atoms with Crippen LogP contribution in [-0.2, 0) is 4.74 Å². The molecule has 1 N–H and O–H groups in total. The fraction of sp³-hybridized carbons (Fsp3) is 0.560. The Morgan fingerprint density at radius 3 is 2.62 bits per heavy atom. The normalized spacial score (nSPS) is 19.3. The van der Waals surface area contributed by atoms with E-state index in [0.717, 1.165) is 62.0 Å². The van der Waals surface area contributed by atoms with Crippen LogP contribution in [0.1, 0.15) is 56.8 Å². The average molecular weight is 439 g/mol. The number of nitrogens with zero attached hydrogens (tertiary/aromatic N) is 3. The molecule has 0 aliphatic carbocycles. The second-order valence-electron chi connectivity index (χ2n) is 9.89. The number of pyridine rings is 1. The van der Waals surface area contributed by atoms with Gasteiger partial charge in [-0.25, -0.2) is 9.78 Å². The largest absolute Gasteiger partial charge is 0.444 e. The number of para-hydroxylation sites is 1. The third-order valence-corrected chi connectivity index (χ3v) is 6.08. The van der Waals surface area contributed by atoms with Gasteiger partial charge in [0.25, 0.3) is 5.91 Å². The van der Waals surface area contributed by atoms with E-state index < -0.39 is 11.7 Å². The number of alkyl carbamates (subject to hydrolysis) is 1. The Bertz CT molecular complexity index is 979. The molecule has 7 heteroatoms. The molecule has 0 bridgehead atoms. The van der Waals surface area contributed by atoms with Crippen molar-refractivity contribution in [1.29, 1.82) is 0 Å². The highest BCUT2D eigenvalue weighted by molar-refractivity contribution is 6.02. The van der Waals surface area contributed by atoms with E-state index in [1.807, 2.05) is 56.0 Å². The minimum Gasteiger partial charge on any atom is -0.444 e. The zero-order valence-electron chi connectivity index (χ0n) is 19.4. The minimum atomic E-state index is -0.520. The lowest BCUT2D eigenvalue weighted by atomic mass is 9.97. The number of hydrogen-bond donors (Lipinski definition) is 1. The van der Waals surface area contributed by atoms with E-state index in [2.05, 4.69) is 10.2 Å². The molecule has 1 atom stereocenters. The van der Waals surface area contributed by atoms with Gasteiger partial charge in [-0.05, 0) is 64.5 Å². The number of amides is 2. The number of hydrogen-bond acceptors (Lipinski definition) is 5. The average Bonchev–Trinajstić information content (AvgIpc) is 3.30. The van der Waals surface area contributed by atoms with E-state index in [-0.39, 0.29) is 11.8 Å². The molecule has 0 radical (unpaired) electrons. The number of rotatable bonds is 4. The molecular weight excluding hydrogens is 404 g/mol. The highest BCUT2D eigenvalue weighted by Gasteiger charge is 2.29. The lowest BCUT2D eigenvalue weighted by Gasteiger charge is -2.34. The van der Waals surface area contributed by atoms with Crippen molar-refractivity contribution >= 4 is 28.7 Å². The second kappa shape index (κ2) is 9.35. The number of carbonyl (C=O) groups excluding carboxylic acids is 2. The summed E-state index contributed by atoms with van der Waals surface area (Å²) in [5, 5.41) is 3.85. The Hall–Kier alpha value is -2.83. The maximum absolute atomic E-state index is 13.6. The van der Waals surface area contributed by atoms with Crippen LogP contribution >= 0.6 is 0 Å². The first kappa shape index (κ1) is 22.4. The van der Waals surface area contributed by atoms with Crippen molar-refractivity contribution in [1.82, 2.24) is 15.2 Å². The Balaban J connectivity index is 1.49. The first-order valence-corrected chi connectivity index (χ1v) is 11.7. The standard InChI is InChI=1S/C25H34N4O3/c1-25(2,3)32-24(31)26-16-18-9-8-14-29(17-18)23(30)20-15-19-10-4-5-11-21(19)27-22(20)28-12-6-7-13-28/h4-5,10-11,15,18H,6-9,12-14,16-17H2,1-3H3,(H,26,31). The van der Waals surface area contributed by atoms with Crippen LogP contribution < -0.4 is 10.2 Å². The summed E-state index contributed by atoms with van der Waals surface area (Å²) >= 11 is 0. The van der Waals surface area contributed by atoms with Crippen LogP contribution in [0.3, 0.4) is 0 Å². The number of ether oxygens (including phenoxy) is 1. The summed E-state index contributed by atoms with van der Waals surface area (Å²) in [6.45, 7) is 9.29. The van der Waals surface area contributed by atoms with Crippen molar-refractivity contribution in [2.24, 2.45) is 5.92 Å². The van der Waals surface area contributed by atoms with E-state index in [1.54, 1.807) is 0 Å². The maximum Gasteiger partial charge on any atom is 0.407 e. The van der Waals surface area contributed by atoms with Gasteiger partial charge in [0.1, 0.15) is 11.4 Å². The third kappa shape index (κ3) is 5.31. The van der Waals surface area contributed by atoms with Crippen molar-refractivity contribution < 1.29 is 14.3 Å². The van der Waals surface area contributed by atoms with Gasteiger partial charge in [-0.15, -0.1) is 0 Å². The molecule has 2 fully saturated rings. The quantitative estimate of drug-likeness (QED) is 0.774. The van der Waals surface area contributed by atoms with Crippen molar-refractivity contribution in [2.75, 3.05) is 37.6 Å². The Labute approximate surface area is 190 Å². The molecule has 32 heavy (non-hydrogen) atoms. The molecule has 3 heterocycles. The maximum atomic E-state index is 13.6. The number of anilines is 1. The van der Waals surface area contributed by atoms with Gasteiger partial charge in [-0.1, -0.05) is 18.2 Å². The molecule has 0 spiro atoms. The first-order chi connectivity index (χ1) is 15.3. The summed E-state index contributed by atoms with van der Waals surface area (Å²) in [7, 11) is 0. The van der Waals surface area contributed by atoms with E-state index >= 15 is 0 Å². The fourth-order valence-electron chi connectivity index (χ4n) is 4.56. The zero-order valence-corrected chi connectivity index (χ0v) is 19.4. The summed E-state index contributed by atoms with van der Waals surface area (Å²) in [5.74, 6) is 1.05. The summed E-state index contributed by atoms with van der Waals surface area (Å²) in [4.78, 5) is 34.7. The number of fused-ring (bicyclic) bond motifs is 1. The number of aromatic nitrogens is 1. The molecule has 0 saturated carbocycles. The Morgan fingerprint density at radius 1 is 1.12 bits per heavy atom. The van der Waals surface area contributed by atoms with Gasteiger partial charge in [0.2, 0.25) is 0 Å². The van der Waals surface area contributed by atoms with Gasteiger partial charge in [-0.3, -0.25) is 4.79 Å². The predicted molar refractivity (Wildman–Crippen MR) is 126 cm³/mol. The van der Waals surface area contributed by atoms with Gasteiger partial charge in [0, 0.05) is 38.1 Å². The van der Waals surface area contributed by atoms with Crippen LogP contribution in [0.2, 0.25) is 0 Å². The molecule has 1 unspecified atom stereocenters. The number of nitrogens with one attached hydrogen (secondary N) is 1. The van der Waals surface area contributed by atoms with E-state index in [0.29, 0.717) is 18.7 Å². The van der Waals surface area contributed by atoms with Gasteiger partial charge in [0.15, 0.2) is 0 Å². The molecule has 2 aliphatic heterocycles. The molecule has 172 valence electrons. The van der Waals surface area contributed by atoms with Crippen LogP contribution in [0.5, 0.6) is 0 Å². The second-order valence-corrected chi connectivity index (χ2v) is 9.89. The van der Waals surface area contributed by atoms with Crippen LogP contribution in [-0.4, -0.2) is 60.2 Å². The van der Waals surface area contributed by atoms with Gasteiger partial charge < -0.3 is 19.9 Å². The molecule has 2 amide bonds. The summed E-state index contributed by atoms with van der Waals surface area (Å²) in [6, 6.07) is 9.98. The number of carbonyl (C=O) groups is 2. The Kier molecular flexibility index (Phi) is 6.53. The van der Waals surface area contributed by atoms with Crippen LogP contribution in [0.25, 0.3) is 10.9 Å². The molecule has 4 rings (SSSR count). The molecule has 7 nitrogen and oxygen atoms in total. The minimum absolute atomic E-state index is 0.0344. The molecule has 2 aliphatic rings. The highest BCUT2D eigenvalue weighted by atomic mass is 16.6. The van der Waals surface area contributed by atoms with E-state index in [9.17, 15) is 9.59 Å². The monoisotopic (exact) mass is 438 g/mol. The van der Waals surface area contributed by atoms with Crippen molar-refractivity contribution in [3.05, 3.63) is 35.9 Å². The highest BCUT2D eigenvalue weighted by Crippen LogP contribution is 2.29. The topological polar surface area (TPSA) is 74.8 Å². The summed E-state index contributed by atoms with van der Waals surface area (Å²) < 4.78 is 5.34. The predicted octanol–water partition coefficient (Wildman–Crippen LogP) is 4.21. The summed E-state index contributed by atoms with van der Waals surface area (Å²) in [6.07, 6.45) is 3.76. The molecule has 1 aromatic heterocycles. The van der Waals surface area contributed by atoms with Crippen LogP contribution in [0, 0.1) is 5.92 Å². The molecule has 2 aromatic rings. The smallest absolute Gasteiger partial charge is 0.407 e. The van der Waals surface area contributed by atoms with Crippen molar-refractivity contribution in [3.63, 3.8) is 0 Å². The van der Waals surface area contributed by atoms with Gasteiger partial charge in [-0.2, -0.15) is 0 Å². The fourth-order valence-corrected chi connectivity index (χ4v) is 4.56. The molecular formula is C25H34N4O3. The van der Waals surface area contributed by atoms with E-state index in [4.69, 9.17) is 9.72 Å². The SMILES string of the molecule is CC(C)(C)OC(=O)NCC1CCCN(C(=O)c2cc3ccccc3nc2N2CCCC2)C1. The summed E-state index contributed by atoms with van der Waals surface area (Å²) in [5.41, 5.74) is 1.09. The number of benzene rings is 1. The van der Waals surface area contributed by atoms with Gasteiger partial charge in [0.05, 0.1) is 11.1 Å². The van der Waals surface area contributed by atoms with Crippen molar-refractivity contribution in [2.45, 2.75) is 52.1 Å². The lowest BCUT2D eigenvalue weighted by molar-refractivity contribution is 0.0502. The first-order valence-electron chi connectivity index (χ1n) is 11.7. The lowest BCUT2D eigenvalue weighted by Crippen LogP contribution is -2.44. The zero-order chi connectivity index (χ0) is 22.7. The van der Waals surface area contributed by atoms with Crippen LogP contribution in [0.15, 0.2) is 30.3 Å².